The van der Waals surface area contributed by atoms with E-state index in [2.05, 4.69) is 5.32 Å². The van der Waals surface area contributed by atoms with Crippen molar-refractivity contribution in [3.8, 4) is 0 Å². The zero-order valence-electron chi connectivity index (χ0n) is 15.4. The van der Waals surface area contributed by atoms with Crippen LogP contribution in [-0.2, 0) is 16.0 Å². The standard InChI is InChI=1S/C22H18N2O5/c25-21(15-29-22(26)18-11-5-7-13-20(18)24(27)28)23-19-12-6-4-10-17(19)14-16-8-2-1-3-9-16/h1-13H,14-15H2,(H,23,25). The number of amides is 1. The predicted octanol–water partition coefficient (Wildman–Crippen LogP) is 3.98. The van der Waals surface area contributed by atoms with Gasteiger partial charge in [0.2, 0.25) is 0 Å². The van der Waals surface area contributed by atoms with Gasteiger partial charge in [-0.25, -0.2) is 4.79 Å². The van der Waals surface area contributed by atoms with Crippen LogP contribution in [0.4, 0.5) is 11.4 Å². The molecule has 3 aromatic carbocycles. The largest absolute Gasteiger partial charge is 0.452 e. The van der Waals surface area contributed by atoms with Gasteiger partial charge in [0.1, 0.15) is 5.56 Å². The van der Waals surface area contributed by atoms with Crippen molar-refractivity contribution in [1.82, 2.24) is 0 Å². The zero-order valence-corrected chi connectivity index (χ0v) is 15.4. The quantitative estimate of drug-likeness (QED) is 0.374. The minimum absolute atomic E-state index is 0.199. The number of rotatable bonds is 7. The molecule has 7 heteroatoms. The highest BCUT2D eigenvalue weighted by Gasteiger charge is 2.21. The van der Waals surface area contributed by atoms with E-state index in [1.54, 1.807) is 12.1 Å². The van der Waals surface area contributed by atoms with E-state index in [9.17, 15) is 19.7 Å². The van der Waals surface area contributed by atoms with Crippen molar-refractivity contribution in [2.75, 3.05) is 11.9 Å². The van der Waals surface area contributed by atoms with Gasteiger partial charge in [-0.3, -0.25) is 14.9 Å². The summed E-state index contributed by atoms with van der Waals surface area (Å²) in [5.74, 6) is -1.46. The molecule has 0 saturated carbocycles. The van der Waals surface area contributed by atoms with Crippen LogP contribution in [0.25, 0.3) is 0 Å². The number of anilines is 1. The molecule has 0 unspecified atom stereocenters. The molecule has 0 saturated heterocycles. The fraction of sp³-hybridized carbons (Fsp3) is 0.0909. The Balaban J connectivity index is 1.63. The SMILES string of the molecule is O=C(COC(=O)c1ccccc1[N+](=O)[O-])Nc1ccccc1Cc1ccccc1. The predicted molar refractivity (Wildman–Crippen MR) is 108 cm³/mol. The van der Waals surface area contributed by atoms with Crippen LogP contribution in [0.15, 0.2) is 78.9 Å². The average molecular weight is 390 g/mol. The van der Waals surface area contributed by atoms with Gasteiger partial charge in [0, 0.05) is 11.8 Å². The summed E-state index contributed by atoms with van der Waals surface area (Å²) in [7, 11) is 0. The van der Waals surface area contributed by atoms with Crippen LogP contribution in [0, 0.1) is 10.1 Å². The van der Waals surface area contributed by atoms with E-state index >= 15 is 0 Å². The number of hydrogen-bond donors (Lipinski definition) is 1. The summed E-state index contributed by atoms with van der Waals surface area (Å²) in [6, 6.07) is 22.6. The molecule has 0 spiro atoms. The van der Waals surface area contributed by atoms with Gasteiger partial charge >= 0.3 is 5.97 Å². The maximum Gasteiger partial charge on any atom is 0.345 e. The van der Waals surface area contributed by atoms with Gasteiger partial charge in [0.25, 0.3) is 11.6 Å². The van der Waals surface area contributed by atoms with Gasteiger partial charge in [0.05, 0.1) is 4.92 Å². The molecular formula is C22H18N2O5. The lowest BCUT2D eigenvalue weighted by atomic mass is 10.0. The van der Waals surface area contributed by atoms with E-state index < -0.39 is 23.4 Å². The van der Waals surface area contributed by atoms with Crippen molar-refractivity contribution >= 4 is 23.3 Å². The summed E-state index contributed by atoms with van der Waals surface area (Å²) in [6.07, 6.45) is 0.632. The zero-order chi connectivity index (χ0) is 20.6. The summed E-state index contributed by atoms with van der Waals surface area (Å²) in [5, 5.41) is 13.7. The highest BCUT2D eigenvalue weighted by atomic mass is 16.6. The minimum Gasteiger partial charge on any atom is -0.452 e. The third-order valence-corrected chi connectivity index (χ3v) is 4.18. The van der Waals surface area contributed by atoms with Gasteiger partial charge in [-0.2, -0.15) is 0 Å². The number of nitro groups is 1. The van der Waals surface area contributed by atoms with E-state index in [0.29, 0.717) is 12.1 Å². The van der Waals surface area contributed by atoms with Gasteiger partial charge in [-0.1, -0.05) is 60.7 Å². The molecule has 0 fully saturated rings. The van der Waals surface area contributed by atoms with Crippen LogP contribution in [0.5, 0.6) is 0 Å². The first kappa shape index (κ1) is 19.8. The molecule has 0 aliphatic heterocycles. The van der Waals surface area contributed by atoms with E-state index in [-0.39, 0.29) is 11.3 Å². The van der Waals surface area contributed by atoms with Crippen molar-refractivity contribution in [3.63, 3.8) is 0 Å². The maximum absolute atomic E-state index is 12.2. The molecule has 0 aliphatic rings. The first-order chi connectivity index (χ1) is 14.0. The Labute approximate surface area is 167 Å². The summed E-state index contributed by atoms with van der Waals surface area (Å²) in [4.78, 5) is 34.7. The average Bonchev–Trinajstić information content (AvgIpc) is 2.74. The van der Waals surface area contributed by atoms with E-state index in [4.69, 9.17) is 4.74 Å². The number of ether oxygens (including phenoxy) is 1. The Morgan fingerprint density at radius 2 is 1.55 bits per heavy atom. The van der Waals surface area contributed by atoms with E-state index in [1.165, 1.54) is 24.3 Å². The normalized spacial score (nSPS) is 10.2. The number of esters is 1. The Bertz CT molecular complexity index is 1030. The third kappa shape index (κ3) is 5.26. The lowest BCUT2D eigenvalue weighted by Crippen LogP contribution is -2.22. The van der Waals surface area contributed by atoms with Crippen LogP contribution in [0.1, 0.15) is 21.5 Å². The number of carbonyl (C=O) groups excluding carboxylic acids is 2. The number of benzene rings is 3. The molecule has 146 valence electrons. The Hall–Kier alpha value is -4.00. The van der Waals surface area contributed by atoms with Crippen LogP contribution < -0.4 is 5.32 Å². The lowest BCUT2D eigenvalue weighted by molar-refractivity contribution is -0.385. The van der Waals surface area contributed by atoms with E-state index in [1.807, 2.05) is 42.5 Å². The molecule has 0 heterocycles. The Morgan fingerprint density at radius 1 is 0.897 bits per heavy atom. The summed E-state index contributed by atoms with van der Waals surface area (Å²) in [6.45, 7) is -0.551. The third-order valence-electron chi connectivity index (χ3n) is 4.18. The first-order valence-electron chi connectivity index (χ1n) is 8.87. The van der Waals surface area contributed by atoms with Crippen molar-refractivity contribution in [3.05, 3.63) is 106 Å². The number of para-hydroxylation sites is 2. The van der Waals surface area contributed by atoms with Crippen LogP contribution in [0.3, 0.4) is 0 Å². The van der Waals surface area contributed by atoms with Gasteiger partial charge < -0.3 is 10.1 Å². The number of carbonyl (C=O) groups is 2. The van der Waals surface area contributed by atoms with Crippen LogP contribution in [-0.4, -0.2) is 23.4 Å². The Kier molecular flexibility index (Phi) is 6.32. The summed E-state index contributed by atoms with van der Waals surface area (Å²) in [5.41, 5.74) is 2.05. The fourth-order valence-electron chi connectivity index (χ4n) is 2.81. The highest BCUT2D eigenvalue weighted by molar-refractivity contribution is 5.97. The number of nitrogens with zero attached hydrogens (tertiary/aromatic N) is 1. The monoisotopic (exact) mass is 390 g/mol. The molecule has 1 amide bonds. The van der Waals surface area contributed by atoms with Crippen molar-refractivity contribution < 1.29 is 19.2 Å². The minimum atomic E-state index is -0.926. The van der Waals surface area contributed by atoms with E-state index in [0.717, 1.165) is 11.1 Å². The molecule has 0 atom stereocenters. The van der Waals surface area contributed by atoms with Crippen LogP contribution >= 0.6 is 0 Å². The van der Waals surface area contributed by atoms with Crippen LogP contribution in [0.2, 0.25) is 0 Å². The number of nitrogens with one attached hydrogen (secondary N) is 1. The molecule has 3 aromatic rings. The van der Waals surface area contributed by atoms with Crippen molar-refractivity contribution in [2.24, 2.45) is 0 Å². The second-order valence-electron chi connectivity index (χ2n) is 6.22. The maximum atomic E-state index is 12.2. The number of nitro benzene ring substituents is 1. The molecule has 7 nitrogen and oxygen atoms in total. The smallest absolute Gasteiger partial charge is 0.345 e. The van der Waals surface area contributed by atoms with Gasteiger partial charge in [-0.05, 0) is 29.7 Å². The second-order valence-corrected chi connectivity index (χ2v) is 6.22. The fourth-order valence-corrected chi connectivity index (χ4v) is 2.81. The Morgan fingerprint density at radius 3 is 2.31 bits per heavy atom. The molecule has 0 aliphatic carbocycles. The molecule has 3 rings (SSSR count). The molecule has 0 bridgehead atoms. The first-order valence-corrected chi connectivity index (χ1v) is 8.87. The molecular weight excluding hydrogens is 372 g/mol. The molecule has 29 heavy (non-hydrogen) atoms. The molecule has 0 aromatic heterocycles. The van der Waals surface area contributed by atoms with Gasteiger partial charge in [-0.15, -0.1) is 0 Å². The second kappa shape index (κ2) is 9.27. The molecule has 0 radical (unpaired) electrons. The summed E-state index contributed by atoms with van der Waals surface area (Å²) < 4.78 is 4.96. The highest BCUT2D eigenvalue weighted by Crippen LogP contribution is 2.20. The van der Waals surface area contributed by atoms with Gasteiger partial charge in [0.15, 0.2) is 6.61 Å². The molecule has 1 N–H and O–H groups in total. The van der Waals surface area contributed by atoms with Crippen molar-refractivity contribution in [1.29, 1.82) is 0 Å². The number of hydrogen-bond acceptors (Lipinski definition) is 5. The topological polar surface area (TPSA) is 98.5 Å². The summed E-state index contributed by atoms with van der Waals surface area (Å²) >= 11 is 0. The van der Waals surface area contributed by atoms with Crippen molar-refractivity contribution in [2.45, 2.75) is 6.42 Å². The lowest BCUT2D eigenvalue weighted by Gasteiger charge is -2.11.